The van der Waals surface area contributed by atoms with Gasteiger partial charge < -0.3 is 15.4 Å². The maximum atomic E-state index is 11.5. The molecule has 2 unspecified atom stereocenters. The first kappa shape index (κ1) is 15.4. The fourth-order valence-corrected chi connectivity index (χ4v) is 1.59. The van der Waals surface area contributed by atoms with E-state index in [1.807, 2.05) is 6.92 Å². The first-order chi connectivity index (χ1) is 7.63. The number of carbonyl (C=O) groups excluding carboxylic acids is 1. The molecule has 0 aromatic rings. The first-order valence-corrected chi connectivity index (χ1v) is 6.15. The minimum atomic E-state index is 0.0653. The third kappa shape index (κ3) is 7.65. The van der Waals surface area contributed by atoms with Crippen LogP contribution in [0.15, 0.2) is 0 Å². The maximum absolute atomic E-state index is 11.5. The van der Waals surface area contributed by atoms with Gasteiger partial charge in [0.25, 0.3) is 0 Å². The number of nitrogens with one attached hydrogen (secondary N) is 2. The Morgan fingerprint density at radius 1 is 1.38 bits per heavy atom. The van der Waals surface area contributed by atoms with Crippen molar-refractivity contribution in [2.75, 3.05) is 20.3 Å². The average Bonchev–Trinajstić information content (AvgIpc) is 2.24. The van der Waals surface area contributed by atoms with Gasteiger partial charge >= 0.3 is 0 Å². The van der Waals surface area contributed by atoms with Crippen molar-refractivity contribution in [3.8, 4) is 0 Å². The van der Waals surface area contributed by atoms with Gasteiger partial charge in [0.2, 0.25) is 5.91 Å². The third-order valence-electron chi connectivity index (χ3n) is 2.54. The third-order valence-corrected chi connectivity index (χ3v) is 2.54. The minimum absolute atomic E-state index is 0.0653. The Morgan fingerprint density at radius 3 is 2.56 bits per heavy atom. The van der Waals surface area contributed by atoms with Crippen LogP contribution in [0, 0.1) is 0 Å². The van der Waals surface area contributed by atoms with Gasteiger partial charge in [-0.2, -0.15) is 0 Å². The molecule has 0 spiro atoms. The largest absolute Gasteiger partial charge is 0.383 e. The van der Waals surface area contributed by atoms with Crippen LogP contribution in [0.3, 0.4) is 0 Å². The summed E-state index contributed by atoms with van der Waals surface area (Å²) in [6.45, 7) is 7.25. The van der Waals surface area contributed by atoms with Crippen molar-refractivity contribution in [2.24, 2.45) is 0 Å². The van der Waals surface area contributed by atoms with E-state index in [9.17, 15) is 4.79 Å². The zero-order chi connectivity index (χ0) is 12.4. The van der Waals surface area contributed by atoms with Crippen LogP contribution >= 0.6 is 0 Å². The van der Waals surface area contributed by atoms with Crippen LogP contribution in [0.25, 0.3) is 0 Å². The lowest BCUT2D eigenvalue weighted by Crippen LogP contribution is -2.43. The molecule has 16 heavy (non-hydrogen) atoms. The van der Waals surface area contributed by atoms with E-state index in [1.165, 1.54) is 0 Å². The molecule has 0 aromatic heterocycles. The van der Waals surface area contributed by atoms with Crippen molar-refractivity contribution in [1.29, 1.82) is 0 Å². The molecule has 0 heterocycles. The minimum Gasteiger partial charge on any atom is -0.383 e. The molecule has 0 aliphatic rings. The van der Waals surface area contributed by atoms with Crippen molar-refractivity contribution in [3.05, 3.63) is 0 Å². The lowest BCUT2D eigenvalue weighted by molar-refractivity contribution is -0.121. The molecular formula is C12H26N2O2. The summed E-state index contributed by atoms with van der Waals surface area (Å²) < 4.78 is 5.05. The maximum Gasteiger partial charge on any atom is 0.234 e. The average molecular weight is 230 g/mol. The van der Waals surface area contributed by atoms with Gasteiger partial charge in [-0.25, -0.2) is 0 Å². The Balaban J connectivity index is 3.70. The summed E-state index contributed by atoms with van der Waals surface area (Å²) in [5, 5.41) is 6.14. The van der Waals surface area contributed by atoms with Gasteiger partial charge in [-0.15, -0.1) is 0 Å². The van der Waals surface area contributed by atoms with Crippen LogP contribution in [0.1, 0.15) is 40.0 Å². The highest BCUT2D eigenvalue weighted by Crippen LogP contribution is 1.94. The monoisotopic (exact) mass is 230 g/mol. The number of hydrogen-bond donors (Lipinski definition) is 2. The predicted molar refractivity (Wildman–Crippen MR) is 66.5 cm³/mol. The second-order valence-corrected chi connectivity index (χ2v) is 4.20. The lowest BCUT2D eigenvalue weighted by atomic mass is 10.2. The van der Waals surface area contributed by atoms with E-state index in [-0.39, 0.29) is 18.0 Å². The number of amides is 1. The second kappa shape index (κ2) is 9.60. The molecule has 96 valence electrons. The molecule has 0 aromatic carbocycles. The summed E-state index contributed by atoms with van der Waals surface area (Å²) in [7, 11) is 1.67. The summed E-state index contributed by atoms with van der Waals surface area (Å²) in [6.07, 6.45) is 3.09. The normalized spacial score (nSPS) is 14.5. The first-order valence-electron chi connectivity index (χ1n) is 6.15. The van der Waals surface area contributed by atoms with Crippen molar-refractivity contribution in [2.45, 2.75) is 52.1 Å². The Hall–Kier alpha value is -0.610. The quantitative estimate of drug-likeness (QED) is 0.628. The molecule has 2 N–H and O–H groups in total. The van der Waals surface area contributed by atoms with Gasteiger partial charge in [0.05, 0.1) is 13.2 Å². The molecule has 0 saturated carbocycles. The Morgan fingerprint density at radius 2 is 2.06 bits per heavy atom. The second-order valence-electron chi connectivity index (χ2n) is 4.20. The summed E-state index contributed by atoms with van der Waals surface area (Å²) in [4.78, 5) is 11.5. The van der Waals surface area contributed by atoms with Crippen LogP contribution < -0.4 is 10.6 Å². The van der Waals surface area contributed by atoms with Crippen LogP contribution in [-0.4, -0.2) is 38.3 Å². The molecule has 0 rings (SSSR count). The Bertz CT molecular complexity index is 186. The van der Waals surface area contributed by atoms with E-state index in [2.05, 4.69) is 24.5 Å². The molecule has 0 aliphatic heterocycles. The molecule has 1 amide bonds. The molecule has 0 fully saturated rings. The molecule has 4 nitrogen and oxygen atoms in total. The van der Waals surface area contributed by atoms with E-state index >= 15 is 0 Å². The SMILES string of the molecule is CCCC(C)NC(=O)CNC(CC)COC. The zero-order valence-corrected chi connectivity index (χ0v) is 11.0. The molecule has 4 heteroatoms. The molecule has 0 aliphatic carbocycles. The smallest absolute Gasteiger partial charge is 0.234 e. The lowest BCUT2D eigenvalue weighted by Gasteiger charge is -2.17. The summed E-state index contributed by atoms with van der Waals surface area (Å²) in [5.41, 5.74) is 0. The molecular weight excluding hydrogens is 204 g/mol. The number of ether oxygens (including phenoxy) is 1. The van der Waals surface area contributed by atoms with Gasteiger partial charge in [-0.1, -0.05) is 20.3 Å². The highest BCUT2D eigenvalue weighted by molar-refractivity contribution is 5.78. The van der Waals surface area contributed by atoms with E-state index in [0.29, 0.717) is 13.2 Å². The predicted octanol–water partition coefficient (Wildman–Crippen LogP) is 1.31. The number of carbonyl (C=O) groups is 1. The van der Waals surface area contributed by atoms with Gasteiger partial charge in [0, 0.05) is 19.2 Å². The van der Waals surface area contributed by atoms with Crippen molar-refractivity contribution in [1.82, 2.24) is 10.6 Å². The fourth-order valence-electron chi connectivity index (χ4n) is 1.59. The Labute approximate surface area is 99.1 Å². The summed E-state index contributed by atoms with van der Waals surface area (Å²) in [5.74, 6) is 0.0653. The van der Waals surface area contributed by atoms with Gasteiger partial charge in [-0.3, -0.25) is 4.79 Å². The number of hydrogen-bond acceptors (Lipinski definition) is 3. The van der Waals surface area contributed by atoms with Gasteiger partial charge in [0.1, 0.15) is 0 Å². The molecule has 0 bridgehead atoms. The van der Waals surface area contributed by atoms with Crippen LogP contribution in [0.2, 0.25) is 0 Å². The van der Waals surface area contributed by atoms with Gasteiger partial charge in [0.15, 0.2) is 0 Å². The van der Waals surface area contributed by atoms with E-state index in [0.717, 1.165) is 19.3 Å². The standard InChI is InChI=1S/C12H26N2O2/c1-5-7-10(3)14-12(15)8-13-11(6-2)9-16-4/h10-11,13H,5-9H2,1-4H3,(H,14,15). The van der Waals surface area contributed by atoms with Crippen LogP contribution in [-0.2, 0) is 9.53 Å². The van der Waals surface area contributed by atoms with Crippen molar-refractivity contribution >= 4 is 5.91 Å². The number of rotatable bonds is 9. The number of methoxy groups -OCH3 is 1. The van der Waals surface area contributed by atoms with Crippen LogP contribution in [0.4, 0.5) is 0 Å². The zero-order valence-electron chi connectivity index (χ0n) is 11.0. The topological polar surface area (TPSA) is 50.4 Å². The van der Waals surface area contributed by atoms with Gasteiger partial charge in [-0.05, 0) is 19.8 Å². The summed E-state index contributed by atoms with van der Waals surface area (Å²) >= 11 is 0. The molecule has 0 saturated heterocycles. The van der Waals surface area contributed by atoms with Crippen molar-refractivity contribution < 1.29 is 9.53 Å². The molecule has 2 atom stereocenters. The Kier molecular flexibility index (Phi) is 9.24. The van der Waals surface area contributed by atoms with E-state index in [1.54, 1.807) is 7.11 Å². The molecule has 0 radical (unpaired) electrons. The van der Waals surface area contributed by atoms with E-state index in [4.69, 9.17) is 4.74 Å². The highest BCUT2D eigenvalue weighted by atomic mass is 16.5. The van der Waals surface area contributed by atoms with Crippen LogP contribution in [0.5, 0.6) is 0 Å². The highest BCUT2D eigenvalue weighted by Gasteiger charge is 2.09. The fraction of sp³-hybridized carbons (Fsp3) is 0.917. The van der Waals surface area contributed by atoms with E-state index < -0.39 is 0 Å². The van der Waals surface area contributed by atoms with Crippen molar-refractivity contribution in [3.63, 3.8) is 0 Å². The summed E-state index contributed by atoms with van der Waals surface area (Å²) in [6, 6.07) is 0.527.